The molecule has 2 aliphatic rings. The Kier molecular flexibility index (Phi) is 32.3. The van der Waals surface area contributed by atoms with Crippen molar-refractivity contribution < 1.29 is 83.5 Å². The number of alkyl carbamates (subject to hydrolysis) is 2. The van der Waals surface area contributed by atoms with E-state index in [0.717, 1.165) is 67.1 Å². The van der Waals surface area contributed by atoms with Gasteiger partial charge in [0.25, 0.3) is 0 Å². The molecule has 2 aliphatic heterocycles. The highest BCUT2D eigenvalue weighted by molar-refractivity contribution is 6.61. The first-order chi connectivity index (χ1) is 44.1. The summed E-state index contributed by atoms with van der Waals surface area (Å²) < 4.78 is 96.5. The molecule has 4 aromatic rings. The fourth-order valence-electron chi connectivity index (χ4n) is 10.3. The Morgan fingerprint density at radius 3 is 1.37 bits per heavy atom. The highest BCUT2D eigenvalue weighted by atomic mass is 28.4. The van der Waals surface area contributed by atoms with Crippen LogP contribution in [-0.2, 0) is 74.2 Å². The number of hydrogen-bond acceptors (Lipinski definition) is 18. The predicted octanol–water partition coefficient (Wildman–Crippen LogP) is 11.5. The molecule has 4 atom stereocenters. The van der Waals surface area contributed by atoms with Crippen molar-refractivity contribution in [3.63, 3.8) is 0 Å². The molecule has 0 aliphatic carbocycles. The summed E-state index contributed by atoms with van der Waals surface area (Å²) in [5.41, 5.74) is 10.2. The number of amides is 2. The molecule has 0 aromatic heterocycles. The van der Waals surface area contributed by atoms with Crippen LogP contribution in [0.3, 0.4) is 0 Å². The lowest BCUT2D eigenvalue weighted by Gasteiger charge is -2.28. The molecule has 20 nitrogen and oxygen atoms in total. The van der Waals surface area contributed by atoms with E-state index < -0.39 is 42.0 Å². The standard InChI is InChI=1S/C69H102N2O18Si2/c1-13-30-74-42-62(88-68(72)70-28-22-32-90(82-15-3,83-16-4)84-17-5)48-78-64-25-21-24-57(51(64)10)35-55-36-59(53(12)66(40-55)80-47-61-45-77-61)38-56-37-58(34-54-27-26-50(9)65(39-54)79-46-60-44-76-60)52(11)67(41-56)81-49-63(43-75-31-14-2)89-69(73)71-29-23-33-91(85-18-6,86-19-7)87-20-8/h13-14,21,24-27,36-37,39-41,60-63H,1-2,15-20,22-23,28-35,38,42-49H2,3-12H3,(H,70,72)(H,71,73). The van der Waals surface area contributed by atoms with Gasteiger partial charge in [0.2, 0.25) is 0 Å². The van der Waals surface area contributed by atoms with Crippen molar-refractivity contribution in [2.24, 2.45) is 0 Å². The molecule has 0 spiro atoms. The van der Waals surface area contributed by atoms with Crippen molar-refractivity contribution in [3.8, 4) is 23.0 Å². The van der Waals surface area contributed by atoms with E-state index in [1.54, 1.807) is 12.2 Å². The maximum Gasteiger partial charge on any atom is 0.500 e. The van der Waals surface area contributed by atoms with E-state index in [9.17, 15) is 9.59 Å². The quantitative estimate of drug-likeness (QED) is 0.0182. The van der Waals surface area contributed by atoms with Crippen LogP contribution in [0.5, 0.6) is 23.0 Å². The van der Waals surface area contributed by atoms with Gasteiger partial charge in [-0.3, -0.25) is 0 Å². The number of rotatable bonds is 48. The van der Waals surface area contributed by atoms with Gasteiger partial charge in [-0.05, 0) is 181 Å². The summed E-state index contributed by atoms with van der Waals surface area (Å²) in [7, 11) is -5.76. The van der Waals surface area contributed by atoms with Crippen LogP contribution in [0.25, 0.3) is 0 Å². The minimum Gasteiger partial charge on any atom is -0.491 e. The van der Waals surface area contributed by atoms with Crippen LogP contribution in [0.4, 0.5) is 9.59 Å². The number of aryl methyl sites for hydroxylation is 1. The zero-order chi connectivity index (χ0) is 65.4. The van der Waals surface area contributed by atoms with Crippen LogP contribution in [-0.4, -0.2) is 173 Å². The molecule has 6 rings (SSSR count). The van der Waals surface area contributed by atoms with E-state index in [4.69, 9.17) is 73.9 Å². The van der Waals surface area contributed by atoms with Gasteiger partial charge in [-0.25, -0.2) is 9.59 Å². The Balaban J connectivity index is 1.23. The molecule has 2 amide bonds. The van der Waals surface area contributed by atoms with Gasteiger partial charge in [0.1, 0.15) is 61.6 Å². The number of ether oxygens (including phenoxy) is 10. The maximum absolute atomic E-state index is 13.4. The topological polar surface area (TPSA) is 212 Å². The number of epoxide rings is 2. The molecule has 2 fully saturated rings. The van der Waals surface area contributed by atoms with Gasteiger partial charge in [-0.15, -0.1) is 13.2 Å². The molecular formula is C69H102N2O18Si2. The first kappa shape index (κ1) is 74.2. The van der Waals surface area contributed by atoms with E-state index >= 15 is 0 Å². The van der Waals surface area contributed by atoms with Crippen molar-refractivity contribution in [3.05, 3.63) is 142 Å². The lowest BCUT2D eigenvalue weighted by Crippen LogP contribution is -2.46. The molecule has 0 radical (unpaired) electrons. The Morgan fingerprint density at radius 1 is 0.516 bits per heavy atom. The third-order valence-electron chi connectivity index (χ3n) is 15.1. The molecule has 2 saturated heterocycles. The van der Waals surface area contributed by atoms with E-state index in [0.29, 0.717) is 135 Å². The van der Waals surface area contributed by atoms with Crippen LogP contribution < -0.4 is 29.6 Å². The van der Waals surface area contributed by atoms with Crippen molar-refractivity contribution in [1.82, 2.24) is 10.6 Å². The summed E-state index contributed by atoms with van der Waals surface area (Å²) in [6.45, 7) is 33.9. The normalized spacial score (nSPS) is 15.1. The predicted molar refractivity (Wildman–Crippen MR) is 353 cm³/mol. The van der Waals surface area contributed by atoms with Gasteiger partial charge in [0.05, 0.1) is 39.6 Å². The minimum absolute atomic E-state index is 0.0157. The molecule has 2 heterocycles. The number of carbonyl (C=O) groups excluding carboxylic acids is 2. The molecule has 0 saturated carbocycles. The van der Waals surface area contributed by atoms with Crippen LogP contribution >= 0.6 is 0 Å². The second kappa shape index (κ2) is 39.6. The van der Waals surface area contributed by atoms with E-state index in [1.807, 2.05) is 67.5 Å². The number of nitrogens with one attached hydrogen (secondary N) is 2. The smallest absolute Gasteiger partial charge is 0.491 e. The largest absolute Gasteiger partial charge is 0.500 e. The lowest BCUT2D eigenvalue weighted by atomic mass is 9.91. The summed E-state index contributed by atoms with van der Waals surface area (Å²) >= 11 is 0. The van der Waals surface area contributed by atoms with Gasteiger partial charge >= 0.3 is 29.8 Å². The summed E-state index contributed by atoms with van der Waals surface area (Å²) in [5, 5.41) is 5.76. The summed E-state index contributed by atoms with van der Waals surface area (Å²) in [4.78, 5) is 26.6. The number of hydrogen-bond donors (Lipinski definition) is 2. The van der Waals surface area contributed by atoms with Gasteiger partial charge in [0.15, 0.2) is 12.2 Å². The monoisotopic (exact) mass is 1300 g/mol. The van der Waals surface area contributed by atoms with Gasteiger partial charge < -0.3 is 84.6 Å². The average molecular weight is 1300 g/mol. The summed E-state index contributed by atoms with van der Waals surface area (Å²) in [6.07, 6.45) is 3.63. The molecule has 0 bridgehead atoms. The SMILES string of the molecule is C=CCOCC(COc1cccc(Cc2cc(Cc3cc(Cc4ccc(C)c(OCC5CO5)c4)c(C)c(OCC(COCC=C)OC(=O)NCCC[Si](OCC)(OCC)OCC)c3)c(C)c(OCC3CO3)c2)c1C)OC(=O)NCCC[Si](OCC)(OCC)OCC. The van der Waals surface area contributed by atoms with Crippen molar-refractivity contribution >= 4 is 29.8 Å². The lowest BCUT2D eigenvalue weighted by molar-refractivity contribution is 0.00520. The highest BCUT2D eigenvalue weighted by Crippen LogP contribution is 2.34. The van der Waals surface area contributed by atoms with Gasteiger partial charge in [-0.2, -0.15) is 0 Å². The van der Waals surface area contributed by atoms with Crippen LogP contribution in [0.2, 0.25) is 12.1 Å². The van der Waals surface area contributed by atoms with E-state index in [2.05, 4.69) is 86.2 Å². The maximum atomic E-state index is 13.4. The van der Waals surface area contributed by atoms with Crippen LogP contribution in [0.1, 0.15) is 110 Å². The second-order valence-electron chi connectivity index (χ2n) is 22.3. The first-order valence-electron chi connectivity index (χ1n) is 32.4. The van der Waals surface area contributed by atoms with Gasteiger partial charge in [-0.1, -0.05) is 48.6 Å². The molecule has 91 heavy (non-hydrogen) atoms. The highest BCUT2D eigenvalue weighted by Gasteiger charge is 2.41. The van der Waals surface area contributed by atoms with Crippen LogP contribution in [0, 0.1) is 27.7 Å². The zero-order valence-electron chi connectivity index (χ0n) is 55.7. The van der Waals surface area contributed by atoms with Crippen molar-refractivity contribution in [2.75, 3.05) is 119 Å². The fraction of sp³-hybridized carbons (Fsp3) is 0.565. The number of carbonyl (C=O) groups is 2. The first-order valence-corrected chi connectivity index (χ1v) is 36.3. The zero-order valence-corrected chi connectivity index (χ0v) is 57.7. The second-order valence-corrected chi connectivity index (χ2v) is 27.8. The van der Waals surface area contributed by atoms with Gasteiger partial charge in [0, 0.05) is 64.8 Å². The number of benzene rings is 4. The summed E-state index contributed by atoms with van der Waals surface area (Å²) in [5.74, 6) is 2.89. The van der Waals surface area contributed by atoms with E-state index in [1.165, 1.54) is 0 Å². The van der Waals surface area contributed by atoms with E-state index in [-0.39, 0.29) is 51.8 Å². The minimum atomic E-state index is -2.90. The Morgan fingerprint density at radius 2 is 0.923 bits per heavy atom. The molecular weight excluding hydrogens is 1200 g/mol. The molecule has 2 N–H and O–H groups in total. The molecule has 4 aromatic carbocycles. The molecule has 504 valence electrons. The average Bonchev–Trinajstić information content (AvgIpc) is 2.16. The Labute approximate surface area is 542 Å². The Hall–Kier alpha value is -5.87. The molecule has 4 unspecified atom stereocenters. The van der Waals surface area contributed by atoms with Crippen LogP contribution in [0.15, 0.2) is 86.0 Å². The third kappa shape index (κ3) is 25.5. The van der Waals surface area contributed by atoms with Crippen molar-refractivity contribution in [2.45, 2.75) is 138 Å². The molecule has 22 heteroatoms. The van der Waals surface area contributed by atoms with Crippen molar-refractivity contribution in [1.29, 1.82) is 0 Å². The summed E-state index contributed by atoms with van der Waals surface area (Å²) in [6, 6.07) is 22.1. The fourth-order valence-corrected chi connectivity index (χ4v) is 15.5. The third-order valence-corrected chi connectivity index (χ3v) is 21.4. The Bertz CT molecular complexity index is 2840.